The van der Waals surface area contributed by atoms with Crippen molar-refractivity contribution < 1.29 is 14.3 Å². The van der Waals surface area contributed by atoms with E-state index >= 15 is 0 Å². The third kappa shape index (κ3) is 4.96. The average molecular weight is 392 g/mol. The molecule has 5 heteroatoms. The molecule has 0 aromatic heterocycles. The lowest BCUT2D eigenvalue weighted by Crippen LogP contribution is -2.16. The minimum atomic E-state index is -0.956. The molecule has 29 heavy (non-hydrogen) atoms. The van der Waals surface area contributed by atoms with E-state index in [4.69, 9.17) is 9.47 Å². The van der Waals surface area contributed by atoms with Crippen molar-refractivity contribution >= 4 is 17.3 Å². The Morgan fingerprint density at radius 1 is 1.14 bits per heavy atom. The van der Waals surface area contributed by atoms with Crippen LogP contribution in [0, 0.1) is 28.6 Å². The number of rotatable bonds is 8. The van der Waals surface area contributed by atoms with Gasteiger partial charge in [-0.05, 0) is 30.2 Å². The fraction of sp³-hybridized carbons (Fsp3) is 0.417. The number of benzene rings is 2. The Morgan fingerprint density at radius 2 is 1.83 bits per heavy atom. The van der Waals surface area contributed by atoms with Crippen molar-refractivity contribution in [3.8, 4) is 6.07 Å². The number of esters is 1. The van der Waals surface area contributed by atoms with Crippen molar-refractivity contribution in [3.05, 3.63) is 60.2 Å². The molecular formula is C24H28N2O3. The molecule has 0 bridgehead atoms. The Bertz CT molecular complexity index is 886. The number of carbonyl (C=O) groups excluding carboxylic acids is 1. The summed E-state index contributed by atoms with van der Waals surface area (Å²) >= 11 is 0. The van der Waals surface area contributed by atoms with Gasteiger partial charge in [-0.3, -0.25) is 4.79 Å². The summed E-state index contributed by atoms with van der Waals surface area (Å²) in [5.41, 5.74) is 2.14. The van der Waals surface area contributed by atoms with Gasteiger partial charge in [-0.15, -0.1) is 0 Å². The molecule has 1 fully saturated rings. The van der Waals surface area contributed by atoms with Gasteiger partial charge < -0.3 is 14.8 Å². The molecule has 0 saturated heterocycles. The Hall–Kier alpha value is -2.84. The summed E-state index contributed by atoms with van der Waals surface area (Å²) in [5.74, 6) is -0.325. The summed E-state index contributed by atoms with van der Waals surface area (Å²) in [6.45, 7) is 8.74. The van der Waals surface area contributed by atoms with Crippen molar-refractivity contribution in [1.29, 1.82) is 5.26 Å². The maximum atomic E-state index is 12.7. The van der Waals surface area contributed by atoms with Crippen molar-refractivity contribution in [2.45, 2.75) is 39.9 Å². The van der Waals surface area contributed by atoms with Gasteiger partial charge in [0.05, 0.1) is 12.0 Å². The zero-order valence-corrected chi connectivity index (χ0v) is 17.4. The second-order valence-electron chi connectivity index (χ2n) is 8.51. The lowest BCUT2D eigenvalue weighted by atomic mass is 10.1. The van der Waals surface area contributed by atoms with E-state index in [1.165, 1.54) is 0 Å². The van der Waals surface area contributed by atoms with E-state index in [2.05, 4.69) is 25.2 Å². The maximum absolute atomic E-state index is 12.7. The number of hydrogen-bond acceptors (Lipinski definition) is 5. The summed E-state index contributed by atoms with van der Waals surface area (Å²) in [5, 5.41) is 12.9. The highest BCUT2D eigenvalue weighted by Gasteiger charge is 2.64. The van der Waals surface area contributed by atoms with Crippen LogP contribution in [0.4, 0.5) is 11.4 Å². The average Bonchev–Trinajstić information content (AvgIpc) is 3.26. The molecule has 1 aliphatic rings. The monoisotopic (exact) mass is 392 g/mol. The van der Waals surface area contributed by atoms with Crippen LogP contribution >= 0.6 is 0 Å². The van der Waals surface area contributed by atoms with Gasteiger partial charge in [0.1, 0.15) is 6.07 Å². The standard InChI is InChI=1S/C24H28N2O3/c1-16(2)15-28-22-21(24(22,3)4)23(27)29-20(14-25)17-9-8-12-19(13-17)26-18-10-6-5-7-11-18/h5-13,16,20-22,26H,15H2,1-4H3. The molecule has 2 aromatic carbocycles. The summed E-state index contributed by atoms with van der Waals surface area (Å²) < 4.78 is 11.5. The first-order valence-electron chi connectivity index (χ1n) is 9.96. The number of anilines is 2. The van der Waals surface area contributed by atoms with Crippen LogP contribution in [-0.4, -0.2) is 18.7 Å². The van der Waals surface area contributed by atoms with Crippen LogP contribution in [0.25, 0.3) is 0 Å². The van der Waals surface area contributed by atoms with Gasteiger partial charge in [0, 0.05) is 29.0 Å². The minimum absolute atomic E-state index is 0.164. The highest BCUT2D eigenvalue weighted by molar-refractivity contribution is 5.79. The first-order chi connectivity index (χ1) is 13.8. The Balaban J connectivity index is 1.67. The molecule has 1 saturated carbocycles. The zero-order chi connectivity index (χ0) is 21.0. The van der Waals surface area contributed by atoms with Crippen LogP contribution in [0.15, 0.2) is 54.6 Å². The summed E-state index contributed by atoms with van der Waals surface area (Å²) in [7, 11) is 0. The van der Waals surface area contributed by atoms with E-state index in [1.54, 1.807) is 6.07 Å². The highest BCUT2D eigenvalue weighted by Crippen LogP contribution is 2.55. The SMILES string of the molecule is CC(C)COC1C(C(=O)OC(C#N)c2cccc(Nc3ccccc3)c2)C1(C)C. The molecular weight excluding hydrogens is 364 g/mol. The van der Waals surface area contributed by atoms with Crippen molar-refractivity contribution in [1.82, 2.24) is 0 Å². The molecule has 0 heterocycles. The first-order valence-corrected chi connectivity index (χ1v) is 9.96. The molecule has 1 aliphatic carbocycles. The fourth-order valence-electron chi connectivity index (χ4n) is 3.45. The second kappa shape index (κ2) is 8.67. The number of ether oxygens (including phenoxy) is 2. The van der Waals surface area contributed by atoms with Crippen LogP contribution in [0.5, 0.6) is 0 Å². The molecule has 1 N–H and O–H groups in total. The van der Waals surface area contributed by atoms with Crippen LogP contribution in [0.2, 0.25) is 0 Å². The molecule has 5 nitrogen and oxygen atoms in total. The molecule has 0 aliphatic heterocycles. The maximum Gasteiger partial charge on any atom is 0.313 e. The zero-order valence-electron chi connectivity index (χ0n) is 17.4. The van der Waals surface area contributed by atoms with Gasteiger partial charge in [0.2, 0.25) is 6.10 Å². The fourth-order valence-corrected chi connectivity index (χ4v) is 3.45. The van der Waals surface area contributed by atoms with E-state index in [0.717, 1.165) is 11.4 Å². The van der Waals surface area contributed by atoms with Crippen LogP contribution in [0.3, 0.4) is 0 Å². The predicted octanol–water partition coefficient (Wildman–Crippen LogP) is 5.24. The summed E-state index contributed by atoms with van der Waals surface area (Å²) in [6, 6.07) is 19.2. The Labute approximate surface area is 172 Å². The molecule has 3 unspecified atom stereocenters. The third-order valence-corrected chi connectivity index (χ3v) is 5.19. The quantitative estimate of drug-likeness (QED) is 0.623. The number of carbonyl (C=O) groups is 1. The van der Waals surface area contributed by atoms with Gasteiger partial charge >= 0.3 is 5.97 Å². The number of nitrogens with zero attached hydrogens (tertiary/aromatic N) is 1. The highest BCUT2D eigenvalue weighted by atomic mass is 16.6. The summed E-state index contributed by atoms with van der Waals surface area (Å²) in [6.07, 6.45) is -1.12. The van der Waals surface area contributed by atoms with Crippen LogP contribution in [0.1, 0.15) is 39.4 Å². The smallest absolute Gasteiger partial charge is 0.313 e. The van der Waals surface area contributed by atoms with Crippen LogP contribution in [-0.2, 0) is 14.3 Å². The Kier molecular flexibility index (Phi) is 6.24. The Morgan fingerprint density at radius 3 is 2.48 bits per heavy atom. The van der Waals surface area contributed by atoms with Gasteiger partial charge in [-0.1, -0.05) is 58.0 Å². The molecule has 3 rings (SSSR count). The van der Waals surface area contributed by atoms with Crippen LogP contribution < -0.4 is 5.32 Å². The molecule has 0 amide bonds. The minimum Gasteiger partial charge on any atom is -0.442 e. The molecule has 0 spiro atoms. The molecule has 2 aromatic rings. The van der Waals surface area contributed by atoms with Crippen molar-refractivity contribution in [3.63, 3.8) is 0 Å². The molecule has 152 valence electrons. The van der Waals surface area contributed by atoms with E-state index in [0.29, 0.717) is 18.1 Å². The van der Waals surface area contributed by atoms with E-state index in [9.17, 15) is 10.1 Å². The van der Waals surface area contributed by atoms with Crippen molar-refractivity contribution in [2.24, 2.45) is 17.3 Å². The second-order valence-corrected chi connectivity index (χ2v) is 8.51. The van der Waals surface area contributed by atoms with Gasteiger partial charge in [0.15, 0.2) is 0 Å². The first kappa shape index (κ1) is 20.9. The van der Waals surface area contributed by atoms with Gasteiger partial charge in [-0.25, -0.2) is 0 Å². The number of hydrogen-bond donors (Lipinski definition) is 1. The number of nitriles is 1. The van der Waals surface area contributed by atoms with Crippen molar-refractivity contribution in [2.75, 3.05) is 11.9 Å². The predicted molar refractivity (Wildman–Crippen MR) is 112 cm³/mol. The molecule has 3 atom stereocenters. The number of nitrogens with one attached hydrogen (secondary N) is 1. The van der Waals surface area contributed by atoms with E-state index in [-0.39, 0.29) is 23.4 Å². The largest absolute Gasteiger partial charge is 0.442 e. The topological polar surface area (TPSA) is 71.3 Å². The lowest BCUT2D eigenvalue weighted by molar-refractivity contribution is -0.150. The lowest BCUT2D eigenvalue weighted by Gasteiger charge is -2.14. The molecule has 0 radical (unpaired) electrons. The van der Waals surface area contributed by atoms with Gasteiger partial charge in [0.25, 0.3) is 0 Å². The summed E-state index contributed by atoms with van der Waals surface area (Å²) in [4.78, 5) is 12.7. The van der Waals surface area contributed by atoms with E-state index < -0.39 is 6.10 Å². The third-order valence-electron chi connectivity index (χ3n) is 5.19. The number of para-hydroxylation sites is 1. The van der Waals surface area contributed by atoms with E-state index in [1.807, 2.05) is 62.4 Å². The normalized spacial score (nSPS) is 20.6. The van der Waals surface area contributed by atoms with Gasteiger partial charge in [-0.2, -0.15) is 5.26 Å².